The van der Waals surface area contributed by atoms with Crippen LogP contribution in [0, 0.1) is 0 Å². The SMILES string of the molecule is C=CCOCC12C=CC(c3nc4ccccc4nc3[C@@]34C=C[C@@](COCC=C)(O3)c3ccccc34)(O1)c1ccccc12. The molecule has 6 heteroatoms. The fourth-order valence-corrected chi connectivity index (χ4v) is 7.07. The van der Waals surface area contributed by atoms with E-state index in [1.807, 2.05) is 48.5 Å². The molecule has 0 saturated heterocycles. The van der Waals surface area contributed by atoms with Gasteiger partial charge in [-0.2, -0.15) is 0 Å². The molecular weight excluding hydrogens is 524 g/mol. The average Bonchev–Trinajstić information content (AvgIpc) is 3.77. The standard InChI is InChI=1S/C36H30N2O4/c1-3-21-39-23-33-17-19-35(41-33,27-13-7-5-11-25(27)33)31-32(38-30-16-10-9-15-29(30)37-31)36-20-18-34(42-36,24-40-22-4-2)26-12-6-8-14-28(26)36/h3-20H,1-2,21-24H2/t33-,34?,35-,36?/m0/s1. The quantitative estimate of drug-likeness (QED) is 0.174. The number of nitrogens with zero attached hydrogens (tertiary/aromatic N) is 2. The predicted molar refractivity (Wildman–Crippen MR) is 160 cm³/mol. The summed E-state index contributed by atoms with van der Waals surface area (Å²) in [6.07, 6.45) is 12.0. The van der Waals surface area contributed by atoms with Gasteiger partial charge >= 0.3 is 0 Å². The Kier molecular flexibility index (Phi) is 5.56. The lowest BCUT2D eigenvalue weighted by atomic mass is 9.75. The molecule has 0 radical (unpaired) electrons. The normalized spacial score (nSPS) is 29.2. The van der Waals surface area contributed by atoms with Crippen LogP contribution in [0.4, 0.5) is 0 Å². The maximum Gasteiger partial charge on any atom is 0.157 e. The molecule has 42 heavy (non-hydrogen) atoms. The van der Waals surface area contributed by atoms with E-state index in [0.29, 0.717) is 37.8 Å². The lowest BCUT2D eigenvalue weighted by Gasteiger charge is -2.32. The first-order valence-corrected chi connectivity index (χ1v) is 14.3. The van der Waals surface area contributed by atoms with Crippen LogP contribution in [0.1, 0.15) is 33.6 Å². The number of hydrogen-bond donors (Lipinski definition) is 0. The Morgan fingerprint density at radius 1 is 0.571 bits per heavy atom. The summed E-state index contributed by atoms with van der Waals surface area (Å²) in [5.74, 6) is 0. The lowest BCUT2D eigenvalue weighted by Crippen LogP contribution is -2.35. The molecule has 4 aromatic rings. The maximum absolute atomic E-state index is 7.11. The zero-order valence-corrected chi connectivity index (χ0v) is 23.2. The van der Waals surface area contributed by atoms with Gasteiger partial charge in [-0.05, 0) is 47.6 Å². The van der Waals surface area contributed by atoms with Crippen molar-refractivity contribution in [1.29, 1.82) is 0 Å². The number of rotatable bonds is 10. The number of hydrogen-bond acceptors (Lipinski definition) is 6. The average molecular weight is 555 g/mol. The summed E-state index contributed by atoms with van der Waals surface area (Å²) in [5, 5.41) is 0. The first-order valence-electron chi connectivity index (χ1n) is 14.3. The van der Waals surface area contributed by atoms with Gasteiger partial charge in [0.05, 0.1) is 37.5 Å². The molecule has 208 valence electrons. The summed E-state index contributed by atoms with van der Waals surface area (Å²) in [5.41, 5.74) is 3.74. The minimum absolute atomic E-state index is 0.360. The molecule has 8 rings (SSSR count). The highest BCUT2D eigenvalue weighted by molar-refractivity contribution is 5.76. The van der Waals surface area contributed by atoms with E-state index in [-0.39, 0.29) is 0 Å². The van der Waals surface area contributed by atoms with Crippen LogP contribution < -0.4 is 0 Å². The molecule has 6 nitrogen and oxygen atoms in total. The Balaban J connectivity index is 1.36. The van der Waals surface area contributed by atoms with Gasteiger partial charge in [0.15, 0.2) is 11.2 Å². The third-order valence-corrected chi connectivity index (χ3v) is 8.81. The first kappa shape index (κ1) is 25.5. The van der Waals surface area contributed by atoms with Crippen LogP contribution in [0.25, 0.3) is 11.0 Å². The smallest absolute Gasteiger partial charge is 0.157 e. The molecule has 2 unspecified atom stereocenters. The molecule has 4 bridgehead atoms. The third-order valence-electron chi connectivity index (χ3n) is 8.81. The van der Waals surface area contributed by atoms with Crippen LogP contribution in [0.15, 0.2) is 122 Å². The van der Waals surface area contributed by atoms with E-state index in [1.165, 1.54) is 0 Å². The van der Waals surface area contributed by atoms with Gasteiger partial charge in [0.1, 0.15) is 22.6 Å². The molecule has 4 aliphatic heterocycles. The maximum atomic E-state index is 7.11. The minimum atomic E-state index is -0.978. The van der Waals surface area contributed by atoms with Crippen LogP contribution in [0.3, 0.4) is 0 Å². The second kappa shape index (κ2) is 9.15. The number of ether oxygens (including phenoxy) is 4. The second-order valence-electron chi connectivity index (χ2n) is 11.2. The van der Waals surface area contributed by atoms with Crippen molar-refractivity contribution in [2.75, 3.05) is 26.4 Å². The monoisotopic (exact) mass is 554 g/mol. The molecule has 3 aromatic carbocycles. The summed E-state index contributed by atoms with van der Waals surface area (Å²) in [4.78, 5) is 10.7. The predicted octanol–water partition coefficient (Wildman–Crippen LogP) is 6.11. The van der Waals surface area contributed by atoms with E-state index >= 15 is 0 Å². The van der Waals surface area contributed by atoms with Crippen molar-refractivity contribution in [3.63, 3.8) is 0 Å². The summed E-state index contributed by atoms with van der Waals surface area (Å²) in [6, 6.07) is 24.6. The largest absolute Gasteiger partial charge is 0.374 e. The fourth-order valence-electron chi connectivity index (χ4n) is 7.07. The molecule has 5 heterocycles. The van der Waals surface area contributed by atoms with Crippen molar-refractivity contribution in [2.24, 2.45) is 0 Å². The number of benzene rings is 3. The van der Waals surface area contributed by atoms with E-state index < -0.39 is 22.4 Å². The van der Waals surface area contributed by atoms with Crippen LogP contribution in [-0.2, 0) is 41.4 Å². The van der Waals surface area contributed by atoms with Crippen LogP contribution in [0.5, 0.6) is 0 Å². The molecule has 0 saturated carbocycles. The highest BCUT2D eigenvalue weighted by Gasteiger charge is 2.63. The molecule has 1 aromatic heterocycles. The van der Waals surface area contributed by atoms with Gasteiger partial charge in [-0.25, -0.2) is 9.97 Å². The molecule has 0 fully saturated rings. The Labute approximate surface area is 244 Å². The molecule has 4 atom stereocenters. The molecule has 4 aliphatic rings. The molecule has 0 amide bonds. The third kappa shape index (κ3) is 3.29. The van der Waals surface area contributed by atoms with Crippen molar-refractivity contribution in [3.8, 4) is 0 Å². The van der Waals surface area contributed by atoms with Gasteiger partial charge in [-0.1, -0.05) is 72.8 Å². The highest BCUT2D eigenvalue weighted by Crippen LogP contribution is 2.62. The minimum Gasteiger partial charge on any atom is -0.374 e. The van der Waals surface area contributed by atoms with Crippen molar-refractivity contribution in [3.05, 3.63) is 156 Å². The summed E-state index contributed by atoms with van der Waals surface area (Å²) in [6.45, 7) is 9.20. The van der Waals surface area contributed by atoms with E-state index in [2.05, 4.69) is 61.7 Å². The molecule has 0 aliphatic carbocycles. The van der Waals surface area contributed by atoms with Crippen molar-refractivity contribution >= 4 is 11.0 Å². The van der Waals surface area contributed by atoms with Gasteiger partial charge < -0.3 is 18.9 Å². The number of fused-ring (bicyclic) bond motifs is 11. The topological polar surface area (TPSA) is 62.7 Å². The Morgan fingerprint density at radius 2 is 0.976 bits per heavy atom. The molecule has 0 spiro atoms. The van der Waals surface area contributed by atoms with Gasteiger partial charge in [0.2, 0.25) is 0 Å². The zero-order chi connectivity index (χ0) is 28.4. The highest BCUT2D eigenvalue weighted by atomic mass is 16.6. The van der Waals surface area contributed by atoms with Crippen molar-refractivity contribution in [1.82, 2.24) is 9.97 Å². The van der Waals surface area contributed by atoms with Crippen LogP contribution >= 0.6 is 0 Å². The van der Waals surface area contributed by atoms with E-state index in [4.69, 9.17) is 28.9 Å². The van der Waals surface area contributed by atoms with Crippen molar-refractivity contribution < 1.29 is 18.9 Å². The van der Waals surface area contributed by atoms with Gasteiger partial charge in [0, 0.05) is 11.1 Å². The van der Waals surface area contributed by atoms with Crippen molar-refractivity contribution in [2.45, 2.75) is 22.4 Å². The van der Waals surface area contributed by atoms with Gasteiger partial charge in [-0.15, -0.1) is 13.2 Å². The lowest BCUT2D eigenvalue weighted by molar-refractivity contribution is -0.100. The van der Waals surface area contributed by atoms with Gasteiger partial charge in [0.25, 0.3) is 0 Å². The van der Waals surface area contributed by atoms with E-state index in [0.717, 1.165) is 33.3 Å². The van der Waals surface area contributed by atoms with Gasteiger partial charge in [-0.3, -0.25) is 0 Å². The molecular formula is C36H30N2O4. The molecule has 0 N–H and O–H groups in total. The Bertz CT molecular complexity index is 1700. The summed E-state index contributed by atoms with van der Waals surface area (Å²) < 4.78 is 26.2. The number of aromatic nitrogens is 2. The second-order valence-corrected chi connectivity index (χ2v) is 11.2. The fraction of sp³-hybridized carbons (Fsp3) is 0.222. The first-order chi connectivity index (χ1) is 20.6. The van der Waals surface area contributed by atoms with Crippen LogP contribution in [0.2, 0.25) is 0 Å². The van der Waals surface area contributed by atoms with E-state index in [9.17, 15) is 0 Å². The Hall–Kier alpha value is -4.20. The summed E-state index contributed by atoms with van der Waals surface area (Å²) >= 11 is 0. The Morgan fingerprint density at radius 3 is 1.40 bits per heavy atom. The van der Waals surface area contributed by atoms with Crippen LogP contribution in [-0.4, -0.2) is 36.4 Å². The van der Waals surface area contributed by atoms with E-state index in [1.54, 1.807) is 12.2 Å². The number of para-hydroxylation sites is 2. The zero-order valence-electron chi connectivity index (χ0n) is 23.2. The summed E-state index contributed by atoms with van der Waals surface area (Å²) in [7, 11) is 0.